The van der Waals surface area contributed by atoms with Gasteiger partial charge < -0.3 is 5.32 Å². The molecule has 2 aromatic heterocycles. The van der Waals surface area contributed by atoms with Crippen LogP contribution in [0.25, 0.3) is 10.9 Å². The van der Waals surface area contributed by atoms with Crippen molar-refractivity contribution in [3.8, 4) is 0 Å². The number of fused-ring (bicyclic) bond motifs is 1. The number of aromatic nitrogens is 4. The van der Waals surface area contributed by atoms with Crippen LogP contribution in [-0.2, 0) is 13.0 Å². The normalized spacial score (nSPS) is 10.7. The minimum Gasteiger partial charge on any atom is -0.345 e. The number of aromatic amines is 1. The standard InChI is InChI=1S/C15H15N5O/c1-2-12-18-14(20-19-12)15(21)17-9-11-6-3-5-10-7-4-8-16-13(10)11/h3-8H,2,9H2,1H3,(H,17,21)(H,18,19,20). The van der Waals surface area contributed by atoms with Crippen LogP contribution in [0, 0.1) is 0 Å². The first-order valence-electron chi connectivity index (χ1n) is 6.80. The number of hydrogen-bond donors (Lipinski definition) is 2. The van der Waals surface area contributed by atoms with Crippen molar-refractivity contribution < 1.29 is 4.79 Å². The van der Waals surface area contributed by atoms with Gasteiger partial charge in [0.15, 0.2) is 0 Å². The molecule has 3 rings (SSSR count). The second kappa shape index (κ2) is 5.70. The number of nitrogens with one attached hydrogen (secondary N) is 2. The lowest BCUT2D eigenvalue weighted by atomic mass is 10.1. The van der Waals surface area contributed by atoms with E-state index in [2.05, 4.69) is 25.5 Å². The molecule has 21 heavy (non-hydrogen) atoms. The summed E-state index contributed by atoms with van der Waals surface area (Å²) in [6.45, 7) is 2.34. The Balaban J connectivity index is 1.75. The Morgan fingerprint density at radius 1 is 1.29 bits per heavy atom. The van der Waals surface area contributed by atoms with E-state index in [0.717, 1.165) is 16.5 Å². The van der Waals surface area contributed by atoms with Crippen molar-refractivity contribution in [2.24, 2.45) is 0 Å². The van der Waals surface area contributed by atoms with Crippen LogP contribution in [0.5, 0.6) is 0 Å². The number of hydrogen-bond acceptors (Lipinski definition) is 4. The van der Waals surface area contributed by atoms with Crippen LogP contribution >= 0.6 is 0 Å². The molecule has 0 unspecified atom stereocenters. The maximum Gasteiger partial charge on any atom is 0.291 e. The van der Waals surface area contributed by atoms with E-state index in [4.69, 9.17) is 0 Å². The molecule has 1 aromatic carbocycles. The molecule has 2 heterocycles. The smallest absolute Gasteiger partial charge is 0.291 e. The average molecular weight is 281 g/mol. The number of aryl methyl sites for hydroxylation is 1. The molecule has 3 aromatic rings. The first kappa shape index (κ1) is 13.2. The van der Waals surface area contributed by atoms with Gasteiger partial charge in [-0.1, -0.05) is 31.2 Å². The Hall–Kier alpha value is -2.76. The third-order valence-electron chi connectivity index (χ3n) is 3.23. The molecule has 2 N–H and O–H groups in total. The molecule has 0 aliphatic carbocycles. The summed E-state index contributed by atoms with van der Waals surface area (Å²) < 4.78 is 0. The number of H-pyrrole nitrogens is 1. The minimum absolute atomic E-state index is 0.167. The van der Waals surface area contributed by atoms with Crippen molar-refractivity contribution in [1.82, 2.24) is 25.5 Å². The Labute approximate surface area is 121 Å². The fraction of sp³-hybridized carbons (Fsp3) is 0.200. The molecule has 0 fully saturated rings. The minimum atomic E-state index is -0.293. The van der Waals surface area contributed by atoms with Gasteiger partial charge in [-0.05, 0) is 11.6 Å². The van der Waals surface area contributed by atoms with Gasteiger partial charge in [0.2, 0.25) is 5.82 Å². The van der Waals surface area contributed by atoms with E-state index in [1.54, 1.807) is 6.20 Å². The second-order valence-electron chi connectivity index (χ2n) is 4.63. The van der Waals surface area contributed by atoms with Gasteiger partial charge in [0.05, 0.1) is 5.52 Å². The van der Waals surface area contributed by atoms with Crippen LogP contribution in [0.2, 0.25) is 0 Å². The highest BCUT2D eigenvalue weighted by Gasteiger charge is 2.12. The van der Waals surface area contributed by atoms with Crippen LogP contribution in [0.15, 0.2) is 36.5 Å². The molecule has 0 saturated carbocycles. The lowest BCUT2D eigenvalue weighted by Crippen LogP contribution is -2.24. The number of para-hydroxylation sites is 1. The molecule has 6 nitrogen and oxygen atoms in total. The number of benzene rings is 1. The Morgan fingerprint density at radius 2 is 2.14 bits per heavy atom. The van der Waals surface area contributed by atoms with E-state index in [-0.39, 0.29) is 11.7 Å². The van der Waals surface area contributed by atoms with Crippen LogP contribution in [0.3, 0.4) is 0 Å². The zero-order valence-corrected chi connectivity index (χ0v) is 11.6. The number of amides is 1. The lowest BCUT2D eigenvalue weighted by Gasteiger charge is -2.06. The number of carbonyl (C=O) groups is 1. The van der Waals surface area contributed by atoms with Gasteiger partial charge >= 0.3 is 0 Å². The van der Waals surface area contributed by atoms with Crippen LogP contribution in [0.4, 0.5) is 0 Å². The van der Waals surface area contributed by atoms with Gasteiger partial charge in [0.25, 0.3) is 5.91 Å². The molecular formula is C15H15N5O. The zero-order chi connectivity index (χ0) is 14.7. The molecule has 1 amide bonds. The topological polar surface area (TPSA) is 83.6 Å². The summed E-state index contributed by atoms with van der Waals surface area (Å²) in [6, 6.07) is 9.79. The first-order valence-corrected chi connectivity index (χ1v) is 6.80. The molecule has 0 aliphatic rings. The Kier molecular flexibility index (Phi) is 3.59. The Bertz CT molecular complexity index is 775. The summed E-state index contributed by atoms with van der Waals surface area (Å²) in [5, 5.41) is 10.5. The number of rotatable bonds is 4. The van der Waals surface area contributed by atoms with E-state index in [1.807, 2.05) is 37.3 Å². The van der Waals surface area contributed by atoms with Crippen molar-refractivity contribution in [3.05, 3.63) is 53.7 Å². The fourth-order valence-corrected chi connectivity index (χ4v) is 2.12. The third-order valence-corrected chi connectivity index (χ3v) is 3.23. The van der Waals surface area contributed by atoms with E-state index in [0.29, 0.717) is 18.8 Å². The number of pyridine rings is 1. The van der Waals surface area contributed by atoms with E-state index in [1.165, 1.54) is 0 Å². The third kappa shape index (κ3) is 2.74. The monoisotopic (exact) mass is 281 g/mol. The summed E-state index contributed by atoms with van der Waals surface area (Å²) in [5.74, 6) is 0.575. The highest BCUT2D eigenvalue weighted by atomic mass is 16.2. The van der Waals surface area contributed by atoms with Crippen molar-refractivity contribution in [3.63, 3.8) is 0 Å². The van der Waals surface area contributed by atoms with Crippen molar-refractivity contribution >= 4 is 16.8 Å². The van der Waals surface area contributed by atoms with Crippen LogP contribution in [-0.4, -0.2) is 26.1 Å². The molecule has 0 spiro atoms. The molecular weight excluding hydrogens is 266 g/mol. The molecule has 106 valence electrons. The van der Waals surface area contributed by atoms with E-state index < -0.39 is 0 Å². The summed E-state index contributed by atoms with van der Waals surface area (Å²) in [5.41, 5.74) is 1.86. The van der Waals surface area contributed by atoms with Crippen LogP contribution in [0.1, 0.15) is 28.9 Å². The van der Waals surface area contributed by atoms with Gasteiger partial charge in [0.1, 0.15) is 5.82 Å². The van der Waals surface area contributed by atoms with Gasteiger partial charge in [-0.2, -0.15) is 0 Å². The first-order chi connectivity index (χ1) is 10.3. The largest absolute Gasteiger partial charge is 0.345 e. The lowest BCUT2D eigenvalue weighted by molar-refractivity contribution is 0.0941. The van der Waals surface area contributed by atoms with Gasteiger partial charge in [-0.3, -0.25) is 14.9 Å². The zero-order valence-electron chi connectivity index (χ0n) is 11.6. The van der Waals surface area contributed by atoms with Crippen molar-refractivity contribution in [2.75, 3.05) is 0 Å². The van der Waals surface area contributed by atoms with Crippen molar-refractivity contribution in [1.29, 1.82) is 0 Å². The highest BCUT2D eigenvalue weighted by molar-refractivity contribution is 5.90. The summed E-state index contributed by atoms with van der Waals surface area (Å²) >= 11 is 0. The molecule has 0 bridgehead atoms. The van der Waals surface area contributed by atoms with Gasteiger partial charge in [-0.25, -0.2) is 4.98 Å². The molecule has 6 heteroatoms. The predicted octanol–water partition coefficient (Wildman–Crippen LogP) is 1.85. The maximum absolute atomic E-state index is 12.0. The quantitative estimate of drug-likeness (QED) is 0.764. The second-order valence-corrected chi connectivity index (χ2v) is 4.63. The van der Waals surface area contributed by atoms with E-state index >= 15 is 0 Å². The predicted molar refractivity (Wildman–Crippen MR) is 78.7 cm³/mol. The number of carbonyl (C=O) groups excluding carboxylic acids is 1. The molecule has 0 atom stereocenters. The average Bonchev–Trinajstić information content (AvgIpc) is 3.01. The number of nitrogens with zero attached hydrogens (tertiary/aromatic N) is 3. The Morgan fingerprint density at radius 3 is 2.95 bits per heavy atom. The fourth-order valence-electron chi connectivity index (χ4n) is 2.12. The van der Waals surface area contributed by atoms with E-state index in [9.17, 15) is 4.79 Å². The molecule has 0 saturated heterocycles. The molecule has 0 radical (unpaired) electrons. The van der Waals surface area contributed by atoms with Crippen LogP contribution < -0.4 is 5.32 Å². The van der Waals surface area contributed by atoms with Crippen molar-refractivity contribution in [2.45, 2.75) is 19.9 Å². The summed E-state index contributed by atoms with van der Waals surface area (Å²) in [6.07, 6.45) is 2.46. The maximum atomic E-state index is 12.0. The summed E-state index contributed by atoms with van der Waals surface area (Å²) in [7, 11) is 0. The molecule has 0 aliphatic heterocycles. The van der Waals surface area contributed by atoms with Gasteiger partial charge in [-0.15, -0.1) is 5.10 Å². The highest BCUT2D eigenvalue weighted by Crippen LogP contribution is 2.15. The van der Waals surface area contributed by atoms with Gasteiger partial charge in [0, 0.05) is 24.5 Å². The SMILES string of the molecule is CCc1nc(C(=O)NCc2cccc3cccnc23)n[nH]1. The summed E-state index contributed by atoms with van der Waals surface area (Å²) in [4.78, 5) is 20.5.